The Morgan fingerprint density at radius 2 is 1.73 bits per heavy atom. The Morgan fingerprint density at radius 3 is 2.42 bits per heavy atom. The summed E-state index contributed by atoms with van der Waals surface area (Å²) in [6.45, 7) is 1.71. The van der Waals surface area contributed by atoms with E-state index in [0.717, 1.165) is 17.7 Å². The fraction of sp³-hybridized carbons (Fsp3) is 0.222. The molecule has 0 saturated carbocycles. The molecule has 0 unspecified atom stereocenters. The SMILES string of the molecule is C[C@H](Oc1ccc(F)cc1F)c1nnc(SCc2ccc(F)cc2)n1C. The molecule has 26 heavy (non-hydrogen) atoms. The molecule has 4 nitrogen and oxygen atoms in total. The Balaban J connectivity index is 1.68. The van der Waals surface area contributed by atoms with Gasteiger partial charge < -0.3 is 9.30 Å². The maximum absolute atomic E-state index is 13.7. The molecule has 0 aliphatic carbocycles. The molecule has 1 atom stereocenters. The Kier molecular flexibility index (Phi) is 5.51. The normalized spacial score (nSPS) is 12.2. The van der Waals surface area contributed by atoms with Gasteiger partial charge in [0, 0.05) is 18.9 Å². The number of hydrogen-bond donors (Lipinski definition) is 0. The summed E-state index contributed by atoms with van der Waals surface area (Å²) in [5.74, 6) is -0.657. The first-order valence-electron chi connectivity index (χ1n) is 7.82. The van der Waals surface area contributed by atoms with Crippen LogP contribution in [0.3, 0.4) is 0 Å². The minimum atomic E-state index is -0.773. The lowest BCUT2D eigenvalue weighted by molar-refractivity contribution is 0.201. The van der Waals surface area contributed by atoms with Crippen LogP contribution in [-0.2, 0) is 12.8 Å². The maximum Gasteiger partial charge on any atom is 0.191 e. The van der Waals surface area contributed by atoms with Gasteiger partial charge in [-0.1, -0.05) is 23.9 Å². The first kappa shape index (κ1) is 18.3. The van der Waals surface area contributed by atoms with Crippen molar-refractivity contribution in [3.63, 3.8) is 0 Å². The molecule has 136 valence electrons. The van der Waals surface area contributed by atoms with Gasteiger partial charge >= 0.3 is 0 Å². The van der Waals surface area contributed by atoms with Crippen LogP contribution >= 0.6 is 11.8 Å². The van der Waals surface area contributed by atoms with Crippen molar-refractivity contribution in [1.29, 1.82) is 0 Å². The summed E-state index contributed by atoms with van der Waals surface area (Å²) in [6.07, 6.45) is -0.576. The lowest BCUT2D eigenvalue weighted by atomic mass is 10.2. The molecule has 0 radical (unpaired) electrons. The molecule has 3 aromatic rings. The molecule has 0 amide bonds. The van der Waals surface area contributed by atoms with Crippen molar-refractivity contribution < 1.29 is 17.9 Å². The summed E-state index contributed by atoms with van der Waals surface area (Å²) in [7, 11) is 1.78. The van der Waals surface area contributed by atoms with E-state index >= 15 is 0 Å². The first-order valence-corrected chi connectivity index (χ1v) is 8.81. The summed E-state index contributed by atoms with van der Waals surface area (Å²) in [5, 5.41) is 8.86. The predicted molar refractivity (Wildman–Crippen MR) is 92.4 cm³/mol. The number of ether oxygens (including phenoxy) is 1. The van der Waals surface area contributed by atoms with Crippen LogP contribution in [0.15, 0.2) is 47.6 Å². The van der Waals surface area contributed by atoms with Crippen LogP contribution in [0.4, 0.5) is 13.2 Å². The minimum absolute atomic E-state index is 0.0533. The highest BCUT2D eigenvalue weighted by Crippen LogP contribution is 2.27. The number of aromatic nitrogens is 3. The van der Waals surface area contributed by atoms with Gasteiger partial charge in [0.05, 0.1) is 0 Å². The molecular formula is C18H16F3N3OS. The molecule has 3 rings (SSSR count). The number of nitrogens with zero attached hydrogens (tertiary/aromatic N) is 3. The summed E-state index contributed by atoms with van der Waals surface area (Å²) >= 11 is 1.44. The van der Waals surface area contributed by atoms with E-state index in [-0.39, 0.29) is 11.6 Å². The molecule has 0 saturated heterocycles. The predicted octanol–water partition coefficient (Wildman–Crippen LogP) is 4.66. The second-order valence-corrected chi connectivity index (χ2v) is 6.59. The standard InChI is InChI=1S/C18H16F3N3OS/c1-11(25-16-8-7-14(20)9-15(16)21)17-22-23-18(24(17)2)26-10-12-3-5-13(19)6-4-12/h3-9,11H,10H2,1-2H3/t11-/m0/s1. The van der Waals surface area contributed by atoms with Crippen molar-refractivity contribution in [3.05, 3.63) is 71.3 Å². The van der Waals surface area contributed by atoms with Gasteiger partial charge in [-0.3, -0.25) is 0 Å². The van der Waals surface area contributed by atoms with Crippen molar-refractivity contribution >= 4 is 11.8 Å². The zero-order valence-corrected chi connectivity index (χ0v) is 14.9. The molecule has 2 aromatic carbocycles. The average molecular weight is 379 g/mol. The molecule has 0 spiro atoms. The Morgan fingerprint density at radius 1 is 1.04 bits per heavy atom. The van der Waals surface area contributed by atoms with Gasteiger partial charge in [-0.15, -0.1) is 10.2 Å². The summed E-state index contributed by atoms with van der Waals surface area (Å²) in [4.78, 5) is 0. The van der Waals surface area contributed by atoms with Gasteiger partial charge in [0.15, 0.2) is 28.7 Å². The number of rotatable bonds is 6. The number of hydrogen-bond acceptors (Lipinski definition) is 4. The Labute approximate surface area is 153 Å². The van der Waals surface area contributed by atoms with Gasteiger partial charge in [0.1, 0.15) is 11.6 Å². The van der Waals surface area contributed by atoms with E-state index in [1.165, 1.54) is 30.0 Å². The van der Waals surface area contributed by atoms with E-state index in [4.69, 9.17) is 4.74 Å². The second kappa shape index (κ2) is 7.82. The molecule has 0 fully saturated rings. The lowest BCUT2D eigenvalue weighted by Crippen LogP contribution is -2.10. The average Bonchev–Trinajstić information content (AvgIpc) is 2.98. The van der Waals surface area contributed by atoms with Gasteiger partial charge in [-0.25, -0.2) is 13.2 Å². The van der Waals surface area contributed by atoms with Crippen molar-refractivity contribution in [2.24, 2.45) is 7.05 Å². The van der Waals surface area contributed by atoms with E-state index in [0.29, 0.717) is 16.7 Å². The first-order chi connectivity index (χ1) is 12.4. The maximum atomic E-state index is 13.7. The number of thioether (sulfide) groups is 1. The van der Waals surface area contributed by atoms with E-state index in [1.807, 2.05) is 0 Å². The fourth-order valence-corrected chi connectivity index (χ4v) is 3.22. The second-order valence-electron chi connectivity index (χ2n) is 5.65. The smallest absolute Gasteiger partial charge is 0.191 e. The van der Waals surface area contributed by atoms with Crippen LogP contribution in [0.1, 0.15) is 24.4 Å². The van der Waals surface area contributed by atoms with Crippen LogP contribution in [0.5, 0.6) is 5.75 Å². The van der Waals surface area contributed by atoms with Crippen LogP contribution in [0.25, 0.3) is 0 Å². The van der Waals surface area contributed by atoms with Crippen molar-refractivity contribution in [1.82, 2.24) is 14.8 Å². The van der Waals surface area contributed by atoms with Crippen molar-refractivity contribution in [2.75, 3.05) is 0 Å². The topological polar surface area (TPSA) is 39.9 Å². The van der Waals surface area contributed by atoms with Crippen LogP contribution in [-0.4, -0.2) is 14.8 Å². The molecule has 0 aliphatic heterocycles. The highest BCUT2D eigenvalue weighted by molar-refractivity contribution is 7.98. The fourth-order valence-electron chi connectivity index (χ4n) is 2.35. The molecule has 1 heterocycles. The van der Waals surface area contributed by atoms with Gasteiger partial charge in [0.25, 0.3) is 0 Å². The van der Waals surface area contributed by atoms with E-state index in [2.05, 4.69) is 10.2 Å². The largest absolute Gasteiger partial charge is 0.480 e. The lowest BCUT2D eigenvalue weighted by Gasteiger charge is -2.14. The van der Waals surface area contributed by atoms with Gasteiger partial charge in [0.2, 0.25) is 0 Å². The van der Waals surface area contributed by atoms with Crippen LogP contribution < -0.4 is 4.74 Å². The van der Waals surface area contributed by atoms with Crippen molar-refractivity contribution in [3.8, 4) is 5.75 Å². The molecule has 1 aromatic heterocycles. The quantitative estimate of drug-likeness (QED) is 0.584. The summed E-state index contributed by atoms with van der Waals surface area (Å²) in [6, 6.07) is 9.37. The van der Waals surface area contributed by atoms with E-state index in [1.54, 1.807) is 30.7 Å². The molecule has 8 heteroatoms. The third kappa shape index (κ3) is 4.19. The highest BCUT2D eigenvalue weighted by atomic mass is 32.2. The zero-order chi connectivity index (χ0) is 18.7. The Bertz CT molecular complexity index is 899. The summed E-state index contributed by atoms with van der Waals surface area (Å²) < 4.78 is 46.9. The summed E-state index contributed by atoms with van der Waals surface area (Å²) in [5.41, 5.74) is 0.957. The van der Waals surface area contributed by atoms with Crippen LogP contribution in [0.2, 0.25) is 0 Å². The molecular weight excluding hydrogens is 363 g/mol. The third-order valence-electron chi connectivity index (χ3n) is 3.71. The molecule has 0 bridgehead atoms. The molecule has 0 aliphatic rings. The highest BCUT2D eigenvalue weighted by Gasteiger charge is 2.19. The van der Waals surface area contributed by atoms with E-state index in [9.17, 15) is 13.2 Å². The molecule has 0 N–H and O–H groups in total. The monoisotopic (exact) mass is 379 g/mol. The van der Waals surface area contributed by atoms with Crippen molar-refractivity contribution in [2.45, 2.75) is 23.9 Å². The third-order valence-corrected chi connectivity index (χ3v) is 4.80. The van der Waals surface area contributed by atoms with Gasteiger partial charge in [-0.2, -0.15) is 0 Å². The number of benzene rings is 2. The van der Waals surface area contributed by atoms with E-state index < -0.39 is 17.7 Å². The van der Waals surface area contributed by atoms with Crippen LogP contribution in [0, 0.1) is 17.5 Å². The number of halogens is 3. The zero-order valence-electron chi connectivity index (χ0n) is 14.1. The minimum Gasteiger partial charge on any atom is -0.480 e. The Hall–Kier alpha value is -2.48. The van der Waals surface area contributed by atoms with Gasteiger partial charge in [-0.05, 0) is 36.8 Å².